The number of hydrogen-bond donors (Lipinski definition) is 0. The Hall–Kier alpha value is -0.740. The van der Waals surface area contributed by atoms with Gasteiger partial charge < -0.3 is 4.74 Å². The number of rotatable bonds is 7. The minimum atomic E-state index is 0.250. The van der Waals surface area contributed by atoms with Gasteiger partial charge in [-0.05, 0) is 13.3 Å². The Bertz CT molecular complexity index is 259. The van der Waals surface area contributed by atoms with Gasteiger partial charge in [-0.15, -0.1) is 11.3 Å². The molecule has 0 aliphatic heterocycles. The molecule has 78 valence electrons. The smallest absolute Gasteiger partial charge is 0.139 e. The summed E-state index contributed by atoms with van der Waals surface area (Å²) in [6.45, 7) is 3.36. The van der Waals surface area contributed by atoms with E-state index in [1.165, 1.54) is 11.3 Å². The molecule has 0 N–H and O–H groups in total. The number of thiazole rings is 1. The van der Waals surface area contributed by atoms with Crippen molar-refractivity contribution in [2.24, 2.45) is 0 Å². The van der Waals surface area contributed by atoms with Crippen LogP contribution in [0.15, 0.2) is 11.6 Å². The van der Waals surface area contributed by atoms with Crippen molar-refractivity contribution in [1.29, 1.82) is 0 Å². The predicted octanol–water partition coefficient (Wildman–Crippen LogP) is 2.07. The van der Waals surface area contributed by atoms with Crippen LogP contribution in [0.1, 0.15) is 24.8 Å². The number of ether oxygens (including phenoxy) is 1. The molecule has 0 spiro atoms. The second kappa shape index (κ2) is 6.68. The van der Waals surface area contributed by atoms with Crippen LogP contribution in [0, 0.1) is 0 Å². The van der Waals surface area contributed by atoms with Crippen LogP contribution < -0.4 is 0 Å². The number of ketones is 1. The molecule has 0 saturated heterocycles. The molecule has 0 radical (unpaired) electrons. The standard InChI is InChI=1S/C10H15NO2S/c1-2-13-6-3-4-9(12)8-10-11-5-7-14-10/h5,7H,2-4,6,8H2,1H3. The molecule has 0 fully saturated rings. The van der Waals surface area contributed by atoms with Crippen LogP contribution in [0.5, 0.6) is 0 Å². The second-order valence-electron chi connectivity index (χ2n) is 2.94. The van der Waals surface area contributed by atoms with Crippen molar-refractivity contribution in [1.82, 2.24) is 4.98 Å². The Balaban J connectivity index is 2.11. The fraction of sp³-hybridized carbons (Fsp3) is 0.600. The topological polar surface area (TPSA) is 39.2 Å². The van der Waals surface area contributed by atoms with Crippen molar-refractivity contribution in [3.8, 4) is 0 Å². The van der Waals surface area contributed by atoms with E-state index >= 15 is 0 Å². The molecule has 0 aliphatic carbocycles. The van der Waals surface area contributed by atoms with Gasteiger partial charge in [0.25, 0.3) is 0 Å². The van der Waals surface area contributed by atoms with E-state index in [-0.39, 0.29) is 5.78 Å². The maximum atomic E-state index is 11.4. The quantitative estimate of drug-likeness (QED) is 0.651. The highest BCUT2D eigenvalue weighted by molar-refractivity contribution is 7.09. The van der Waals surface area contributed by atoms with E-state index in [4.69, 9.17) is 4.74 Å². The minimum Gasteiger partial charge on any atom is -0.382 e. The number of carbonyl (C=O) groups is 1. The molecular weight excluding hydrogens is 198 g/mol. The van der Waals surface area contributed by atoms with Crippen molar-refractivity contribution in [3.63, 3.8) is 0 Å². The summed E-state index contributed by atoms with van der Waals surface area (Å²) >= 11 is 1.53. The Kier molecular flexibility index (Phi) is 5.40. The number of Topliss-reactive ketones (excluding diaryl/α,β-unsaturated/α-hetero) is 1. The Morgan fingerprint density at radius 2 is 2.50 bits per heavy atom. The van der Waals surface area contributed by atoms with Gasteiger partial charge in [0.1, 0.15) is 5.78 Å². The Morgan fingerprint density at radius 1 is 1.64 bits per heavy atom. The zero-order chi connectivity index (χ0) is 10.2. The van der Waals surface area contributed by atoms with Gasteiger partial charge in [-0.1, -0.05) is 0 Å². The normalized spacial score (nSPS) is 10.4. The van der Waals surface area contributed by atoms with Gasteiger partial charge in [0.15, 0.2) is 0 Å². The first-order chi connectivity index (χ1) is 6.83. The first-order valence-electron chi connectivity index (χ1n) is 4.80. The molecule has 14 heavy (non-hydrogen) atoms. The van der Waals surface area contributed by atoms with Gasteiger partial charge in [-0.25, -0.2) is 4.98 Å². The molecule has 0 aromatic carbocycles. The summed E-state index contributed by atoms with van der Waals surface area (Å²) < 4.78 is 5.15. The molecule has 0 unspecified atom stereocenters. The van der Waals surface area contributed by atoms with Crippen LogP contribution in [0.4, 0.5) is 0 Å². The van der Waals surface area contributed by atoms with Crippen LogP contribution >= 0.6 is 11.3 Å². The summed E-state index contributed by atoms with van der Waals surface area (Å²) in [5.41, 5.74) is 0. The SMILES string of the molecule is CCOCCCC(=O)Cc1nccs1. The van der Waals surface area contributed by atoms with Gasteiger partial charge >= 0.3 is 0 Å². The van der Waals surface area contributed by atoms with Crippen LogP contribution in [0.2, 0.25) is 0 Å². The van der Waals surface area contributed by atoms with E-state index in [1.54, 1.807) is 6.20 Å². The van der Waals surface area contributed by atoms with Crippen molar-refractivity contribution < 1.29 is 9.53 Å². The molecule has 0 aliphatic rings. The van der Waals surface area contributed by atoms with Crippen LogP contribution in [0.25, 0.3) is 0 Å². The third-order valence-electron chi connectivity index (χ3n) is 1.78. The van der Waals surface area contributed by atoms with Crippen molar-refractivity contribution in [2.75, 3.05) is 13.2 Å². The molecule has 4 heteroatoms. The van der Waals surface area contributed by atoms with E-state index in [1.807, 2.05) is 12.3 Å². The fourth-order valence-corrected chi connectivity index (χ4v) is 1.76. The van der Waals surface area contributed by atoms with E-state index in [9.17, 15) is 4.79 Å². The summed E-state index contributed by atoms with van der Waals surface area (Å²) in [7, 11) is 0. The average Bonchev–Trinajstić information content (AvgIpc) is 2.65. The summed E-state index contributed by atoms with van der Waals surface area (Å²) in [5, 5.41) is 2.80. The number of nitrogens with zero attached hydrogens (tertiary/aromatic N) is 1. The average molecular weight is 213 g/mol. The maximum absolute atomic E-state index is 11.4. The van der Waals surface area contributed by atoms with Crippen LogP contribution in [0.3, 0.4) is 0 Å². The number of carbonyl (C=O) groups excluding carboxylic acids is 1. The van der Waals surface area contributed by atoms with Gasteiger partial charge in [-0.2, -0.15) is 0 Å². The zero-order valence-electron chi connectivity index (χ0n) is 8.36. The van der Waals surface area contributed by atoms with Crippen molar-refractivity contribution in [2.45, 2.75) is 26.2 Å². The molecule has 1 aromatic heterocycles. The van der Waals surface area contributed by atoms with E-state index in [0.29, 0.717) is 19.4 Å². The van der Waals surface area contributed by atoms with E-state index < -0.39 is 0 Å². The molecule has 3 nitrogen and oxygen atoms in total. The monoisotopic (exact) mass is 213 g/mol. The largest absolute Gasteiger partial charge is 0.382 e. The van der Waals surface area contributed by atoms with Gasteiger partial charge in [0, 0.05) is 31.2 Å². The lowest BCUT2D eigenvalue weighted by Crippen LogP contribution is -2.04. The Labute approximate surface area is 88.1 Å². The molecule has 1 rings (SSSR count). The third-order valence-corrected chi connectivity index (χ3v) is 2.56. The van der Waals surface area contributed by atoms with Crippen molar-refractivity contribution >= 4 is 17.1 Å². The maximum Gasteiger partial charge on any atom is 0.139 e. The summed E-state index contributed by atoms with van der Waals surface area (Å²) in [5.74, 6) is 0.250. The third kappa shape index (κ3) is 4.48. The van der Waals surface area contributed by atoms with E-state index in [0.717, 1.165) is 18.0 Å². The Morgan fingerprint density at radius 3 is 3.14 bits per heavy atom. The molecule has 1 heterocycles. The second-order valence-corrected chi connectivity index (χ2v) is 3.92. The first kappa shape index (κ1) is 11.3. The van der Waals surface area contributed by atoms with E-state index in [2.05, 4.69) is 4.98 Å². The highest BCUT2D eigenvalue weighted by Gasteiger charge is 2.04. The lowest BCUT2D eigenvalue weighted by atomic mass is 10.2. The van der Waals surface area contributed by atoms with Crippen LogP contribution in [-0.2, 0) is 16.0 Å². The predicted molar refractivity (Wildman–Crippen MR) is 56.6 cm³/mol. The summed E-state index contributed by atoms with van der Waals surface area (Å²) in [6, 6.07) is 0. The zero-order valence-corrected chi connectivity index (χ0v) is 9.18. The van der Waals surface area contributed by atoms with Crippen molar-refractivity contribution in [3.05, 3.63) is 16.6 Å². The molecular formula is C10H15NO2S. The van der Waals surface area contributed by atoms with Gasteiger partial charge in [0.05, 0.1) is 11.4 Å². The minimum absolute atomic E-state index is 0.250. The molecule has 0 bridgehead atoms. The fourth-order valence-electron chi connectivity index (χ4n) is 1.11. The van der Waals surface area contributed by atoms with Gasteiger partial charge in [-0.3, -0.25) is 4.79 Å². The van der Waals surface area contributed by atoms with Gasteiger partial charge in [0.2, 0.25) is 0 Å². The number of aromatic nitrogens is 1. The molecule has 0 atom stereocenters. The first-order valence-corrected chi connectivity index (χ1v) is 5.68. The highest BCUT2D eigenvalue weighted by Crippen LogP contribution is 2.07. The lowest BCUT2D eigenvalue weighted by molar-refractivity contribution is -0.118. The van der Waals surface area contributed by atoms with Crippen LogP contribution in [-0.4, -0.2) is 24.0 Å². The molecule has 1 aromatic rings. The molecule has 0 amide bonds. The number of hydrogen-bond acceptors (Lipinski definition) is 4. The lowest BCUT2D eigenvalue weighted by Gasteiger charge is -1.99. The summed E-state index contributed by atoms with van der Waals surface area (Å²) in [6.07, 6.45) is 3.62. The molecule has 0 saturated carbocycles. The summed E-state index contributed by atoms with van der Waals surface area (Å²) in [4.78, 5) is 15.5. The highest BCUT2D eigenvalue weighted by atomic mass is 32.1.